The maximum Gasteiger partial charge on any atom is 0.204 e. The summed E-state index contributed by atoms with van der Waals surface area (Å²) in [5, 5.41) is 11.4. The predicted molar refractivity (Wildman–Crippen MR) is 303 cm³/mol. The molecule has 0 N–H and O–H groups in total. The van der Waals surface area contributed by atoms with Crippen LogP contribution >= 0.6 is 90.7 Å². The van der Waals surface area contributed by atoms with Crippen molar-refractivity contribution < 1.29 is 0 Å². The first-order valence-corrected chi connectivity index (χ1v) is 44.0. The van der Waals surface area contributed by atoms with E-state index in [1.807, 2.05) is 22.7 Å². The monoisotopic (exact) mass is 1120 g/mol. The van der Waals surface area contributed by atoms with Crippen LogP contribution in [-0.4, -0.2) is 34.5 Å². The number of hydrogen-bond acceptors (Lipinski definition) is 8. The minimum atomic E-state index is -2.21. The van der Waals surface area contributed by atoms with E-state index in [9.17, 15) is 0 Å². The molecule has 8 aromatic heterocycles. The summed E-state index contributed by atoms with van der Waals surface area (Å²) in [6.45, 7) is 11.5. The molecule has 0 unspecified atom stereocenters. The van der Waals surface area contributed by atoms with Crippen LogP contribution in [0.2, 0.25) is 14.8 Å². The van der Waals surface area contributed by atoms with Crippen LogP contribution in [0.25, 0.3) is 19.5 Å². The van der Waals surface area contributed by atoms with E-state index in [1.54, 1.807) is 80.7 Å². The van der Waals surface area contributed by atoms with Gasteiger partial charge in [0.2, 0.25) is 8.07 Å². The van der Waals surface area contributed by atoms with Gasteiger partial charge in [-0.2, -0.15) is 0 Å². The molecule has 11 heteroatoms. The summed E-state index contributed by atoms with van der Waals surface area (Å²) in [7, 11) is -4.31. The maximum absolute atomic E-state index is 2.72. The molecule has 10 heterocycles. The molecular weight excluding hydrogens is 1060 g/mol. The summed E-state index contributed by atoms with van der Waals surface area (Å²) in [6, 6.07) is 30.0. The molecule has 8 aromatic rings. The van der Waals surface area contributed by atoms with Crippen LogP contribution in [0, 0.1) is 6.92 Å². The standard InChI is InChI=1S/C25H27S4Si.C24H26S4Si.3CH3.Sn/c1-4-6-8-18-10-12-22(28-18)30(23-13-11-19(29-23)9-7-5-2)20-14-15-26-24(20)25-21(30)16-17(3)27-25;1-3-5-7-17-9-11-21(27-17)29(22-12-10-18(28-22)8-6-4-2)19-13-15-25-23(19)24-20(29)14-16-26-24;;;;/h10-14,16H,4-9H2,1-3H3;9-16H,3-8H2,1-2H3;3*1H3;. The normalized spacial score (nSPS) is 14.4. The molecule has 0 spiro atoms. The topological polar surface area (TPSA) is 0 Å². The zero-order valence-electron chi connectivity index (χ0n) is 38.3. The summed E-state index contributed by atoms with van der Waals surface area (Å²) < 4.78 is 8.38. The molecule has 0 fully saturated rings. The maximum atomic E-state index is 2.72. The average Bonchev–Trinajstić information content (AvgIpc) is 4.09. The Hall–Kier alpha value is -1.17. The second-order valence-corrected chi connectivity index (χ2v) is 51.5. The molecule has 0 aliphatic carbocycles. The van der Waals surface area contributed by atoms with Gasteiger partial charge in [-0.3, -0.25) is 0 Å². The molecule has 0 amide bonds. The van der Waals surface area contributed by atoms with E-state index in [2.05, 4.69) is 201 Å². The van der Waals surface area contributed by atoms with E-state index in [0.29, 0.717) is 0 Å². The van der Waals surface area contributed by atoms with Crippen molar-refractivity contribution in [2.45, 2.75) is 126 Å². The molecule has 0 bridgehead atoms. The van der Waals surface area contributed by atoms with Crippen LogP contribution in [0.3, 0.4) is 0 Å². The molecule has 10 rings (SSSR count). The van der Waals surface area contributed by atoms with Gasteiger partial charge in [-0.05, 0) is 58.9 Å². The average molecular weight is 1120 g/mol. The summed E-state index contributed by atoms with van der Waals surface area (Å²) in [5.41, 5.74) is 0. The summed E-state index contributed by atoms with van der Waals surface area (Å²) in [4.78, 5) is 21.9. The largest absolute Gasteiger partial charge is 0.204 e. The van der Waals surface area contributed by atoms with Crippen LogP contribution in [-0.2, 0) is 25.7 Å². The summed E-state index contributed by atoms with van der Waals surface area (Å²) in [6.07, 6.45) is 15.2. The van der Waals surface area contributed by atoms with E-state index < -0.39 is 34.5 Å². The van der Waals surface area contributed by atoms with E-state index in [4.69, 9.17) is 0 Å². The van der Waals surface area contributed by atoms with Gasteiger partial charge in [0.25, 0.3) is 0 Å². The van der Waals surface area contributed by atoms with Crippen LogP contribution in [0.1, 0.15) is 103 Å². The molecule has 0 saturated carbocycles. The third-order valence-electron chi connectivity index (χ3n) is 12.9. The Morgan fingerprint density at radius 2 is 0.778 bits per heavy atom. The zero-order valence-corrected chi connectivity index (χ0v) is 49.7. The number of rotatable bonds is 17. The number of fused-ring (bicyclic) bond motifs is 6. The molecule has 2 aliphatic rings. The summed E-state index contributed by atoms with van der Waals surface area (Å²) in [5.74, 6) is 0. The van der Waals surface area contributed by atoms with Gasteiger partial charge in [0.15, 0.2) is 0 Å². The molecule has 0 saturated heterocycles. The molecule has 0 nitrogen and oxygen atoms in total. The van der Waals surface area contributed by atoms with Crippen molar-refractivity contribution in [3.05, 3.63) is 108 Å². The number of thiophene rings is 8. The van der Waals surface area contributed by atoms with Crippen molar-refractivity contribution in [3.63, 3.8) is 0 Å². The van der Waals surface area contributed by atoms with Gasteiger partial charge < -0.3 is 0 Å². The van der Waals surface area contributed by atoms with E-state index in [1.165, 1.54) is 81.9 Å². The van der Waals surface area contributed by atoms with E-state index >= 15 is 0 Å². The van der Waals surface area contributed by atoms with Crippen LogP contribution in [0.5, 0.6) is 0 Å². The number of aryl methyl sites for hydroxylation is 5. The van der Waals surface area contributed by atoms with Crippen LogP contribution < -0.4 is 41.6 Å². The smallest absolute Gasteiger partial charge is 0.149 e. The fourth-order valence-electron chi connectivity index (χ4n) is 9.58. The molecular formula is C52H62S8Si2Sn. The first kappa shape index (κ1) is 46.9. The fraction of sp³-hybridized carbons (Fsp3) is 0.385. The van der Waals surface area contributed by atoms with Gasteiger partial charge in [0, 0.05) is 28.5 Å². The quantitative estimate of drug-likeness (QED) is 0.0797. The van der Waals surface area contributed by atoms with Crippen molar-refractivity contribution in [1.29, 1.82) is 0 Å². The second kappa shape index (κ2) is 19.8. The first-order chi connectivity index (χ1) is 30.6. The van der Waals surface area contributed by atoms with Gasteiger partial charge in [0.05, 0.1) is 0 Å². The molecule has 2 aliphatic heterocycles. The van der Waals surface area contributed by atoms with Crippen molar-refractivity contribution in [2.24, 2.45) is 0 Å². The minimum absolute atomic E-state index is 1.23. The fourth-order valence-corrected chi connectivity index (χ4v) is 41.9. The Kier molecular flexibility index (Phi) is 14.8. The minimum Gasteiger partial charge on any atom is -0.149 e. The Balaban J connectivity index is 0.000000162. The van der Waals surface area contributed by atoms with Gasteiger partial charge in [-0.15, -0.1) is 45.3 Å². The van der Waals surface area contributed by atoms with E-state index in [-0.39, 0.29) is 0 Å². The summed E-state index contributed by atoms with van der Waals surface area (Å²) >= 11 is 14.4. The second-order valence-electron chi connectivity index (χ2n) is 18.5. The molecule has 0 radical (unpaired) electrons. The first-order valence-electron chi connectivity index (χ1n) is 23.4. The van der Waals surface area contributed by atoms with Crippen LogP contribution in [0.15, 0.2) is 83.6 Å². The number of hydrogen-bond donors (Lipinski definition) is 0. The van der Waals surface area contributed by atoms with Crippen LogP contribution in [0.4, 0.5) is 0 Å². The Labute approximate surface area is 416 Å². The molecule has 330 valence electrons. The number of unbranched alkanes of at least 4 members (excludes halogenated alkanes) is 4. The van der Waals surface area contributed by atoms with Crippen molar-refractivity contribution >= 4 is 167 Å². The van der Waals surface area contributed by atoms with E-state index in [0.717, 1.165) is 0 Å². The SMILES string of the molecule is CCCCc1ccc([Si]2(c3ccc(CCCC)s3)c3cc(C)sc3-c3s[c]([Sn]([CH3])([CH3])[CH3])cc32)s1.CCCCc1ccc([Si]2(c3ccc(CCCC)s3)c3ccsc3-c3sccc32)s1. The van der Waals surface area contributed by atoms with Gasteiger partial charge >= 0.3 is 229 Å². The van der Waals surface area contributed by atoms with Crippen molar-refractivity contribution in [2.75, 3.05) is 0 Å². The Morgan fingerprint density at radius 1 is 0.413 bits per heavy atom. The Bertz CT molecular complexity index is 2650. The molecule has 0 aromatic carbocycles. The Morgan fingerprint density at radius 3 is 1.16 bits per heavy atom. The van der Waals surface area contributed by atoms with Crippen molar-refractivity contribution in [1.82, 2.24) is 0 Å². The van der Waals surface area contributed by atoms with Gasteiger partial charge in [0.1, 0.15) is 0 Å². The third-order valence-corrected chi connectivity index (χ3v) is 44.6. The predicted octanol–water partition coefficient (Wildman–Crippen LogP) is 12.8. The third kappa shape index (κ3) is 8.56. The van der Waals surface area contributed by atoms with Gasteiger partial charge in [-0.1, -0.05) is 51.0 Å². The van der Waals surface area contributed by atoms with Gasteiger partial charge in [-0.25, -0.2) is 0 Å². The molecule has 0 atom stereocenters. The van der Waals surface area contributed by atoms with Crippen molar-refractivity contribution in [3.8, 4) is 19.5 Å². The molecule has 63 heavy (non-hydrogen) atoms. The zero-order chi connectivity index (χ0) is 43.9.